The van der Waals surface area contributed by atoms with Crippen molar-refractivity contribution in [3.8, 4) is 23.0 Å². The van der Waals surface area contributed by atoms with Crippen molar-refractivity contribution in [1.29, 1.82) is 0 Å². The number of fused-ring (bicyclic) bond motifs is 3. The fraction of sp³-hybridized carbons (Fsp3) is 0.188. The van der Waals surface area contributed by atoms with E-state index in [9.17, 15) is 50.5 Å². The molecule has 0 unspecified atom stereocenters. The smallest absolute Gasteiger partial charge is 0.295 e. The number of carbonyl (C=O) groups is 5. The minimum Gasteiger partial charge on any atom is -0.505 e. The Hall–Kier alpha value is -7.76. The quantitative estimate of drug-likeness (QED) is 0.0475. The highest BCUT2D eigenvalue weighted by molar-refractivity contribution is 7.89. The second-order valence-corrected chi connectivity index (χ2v) is 19.5. The number of nitrogens with one attached hydrogen (secondary N) is 1. The molecule has 20 nitrogen and oxygen atoms in total. The van der Waals surface area contributed by atoms with E-state index in [2.05, 4.69) is 15.5 Å². The lowest BCUT2D eigenvalue weighted by Crippen LogP contribution is -2.32. The van der Waals surface area contributed by atoms with E-state index < -0.39 is 95.4 Å². The summed E-state index contributed by atoms with van der Waals surface area (Å²) in [7, 11) is -5.65. The Morgan fingerprint density at radius 2 is 1.24 bits per heavy atom. The Kier molecular flexibility index (Phi) is 13.4. The molecule has 0 spiro atoms. The summed E-state index contributed by atoms with van der Waals surface area (Å²) < 4.78 is 83.1. The number of benzene rings is 6. The van der Waals surface area contributed by atoms with Crippen LogP contribution >= 0.6 is 11.6 Å². The highest BCUT2D eigenvalue weighted by atomic mass is 35.5. The van der Waals surface area contributed by atoms with E-state index in [4.69, 9.17) is 25.8 Å². The molecule has 2 aliphatic rings. The monoisotopic (exact) mass is 1020 g/mol. The molecule has 0 fully saturated rings. The van der Waals surface area contributed by atoms with Crippen LogP contribution in [0, 0.1) is 0 Å². The lowest BCUT2D eigenvalue weighted by Gasteiger charge is -2.24. The van der Waals surface area contributed by atoms with Crippen LogP contribution in [0.3, 0.4) is 0 Å². The molecule has 366 valence electrons. The predicted octanol–water partition coefficient (Wildman–Crippen LogP) is 7.76. The van der Waals surface area contributed by atoms with Gasteiger partial charge in [-0.1, -0.05) is 49.7 Å². The van der Waals surface area contributed by atoms with Crippen LogP contribution in [0.1, 0.15) is 76.8 Å². The van der Waals surface area contributed by atoms with E-state index in [0.29, 0.717) is 0 Å². The molecule has 0 bridgehead atoms. The SMILES string of the molecule is CCN(CC)S(=O)(=O)c1ccc(OC)c(N=Nc2c(O)c(C(=O)Nc3cc(Cl)c(OC)cc3OC)cc3c(S(=O)(=O)O)cc(CN4C(=O)c5ccccc5C4=O)c(CN4C(=O)c5ccccc5C4=O)c23)c1. The molecule has 5 amide bonds. The number of phenols is 1. The van der Waals surface area contributed by atoms with Crippen molar-refractivity contribution in [3.05, 3.63) is 135 Å². The van der Waals surface area contributed by atoms with Crippen molar-refractivity contribution in [2.75, 3.05) is 39.7 Å². The van der Waals surface area contributed by atoms with Gasteiger partial charge in [0.15, 0.2) is 5.75 Å². The Bertz CT molecular complexity index is 3480. The maximum atomic E-state index is 14.5. The molecule has 0 aliphatic carbocycles. The number of imide groups is 2. The van der Waals surface area contributed by atoms with Crippen molar-refractivity contribution >= 4 is 89.1 Å². The molecule has 8 rings (SSSR count). The standard InChI is InChI=1S/C48H41ClN6O14S2/c1-6-53(7-2)70(62,63)26-16-17-37(67-3)36(19-26)51-52-42-41-31(20-32(43(42)56)44(57)50-35-21-34(49)38(68-4)22-39(35)69-5)40(71(64,65)66)18-25(23-54-45(58)27-12-8-9-13-28(27)46(54)59)33(41)24-55-47(60)29-14-10-11-15-30(29)48(55)61/h8-22,56H,6-7,23-24H2,1-5H3,(H,50,57)(H,64,65,66). The first-order valence-corrected chi connectivity index (χ1v) is 24.6. The first kappa shape index (κ1) is 49.7. The minimum absolute atomic E-state index is 0.0145. The fourth-order valence-corrected chi connectivity index (χ4v) is 10.9. The van der Waals surface area contributed by atoms with Crippen LogP contribution < -0.4 is 19.5 Å². The van der Waals surface area contributed by atoms with E-state index in [1.807, 2.05) is 0 Å². The van der Waals surface area contributed by atoms with Gasteiger partial charge in [-0.3, -0.25) is 38.3 Å². The lowest BCUT2D eigenvalue weighted by molar-refractivity contribution is 0.0617. The van der Waals surface area contributed by atoms with Gasteiger partial charge in [-0.05, 0) is 71.8 Å². The van der Waals surface area contributed by atoms with Gasteiger partial charge in [-0.25, -0.2) is 8.42 Å². The number of nitrogens with zero attached hydrogens (tertiary/aromatic N) is 5. The summed E-state index contributed by atoms with van der Waals surface area (Å²) in [6.07, 6.45) is 0. The second-order valence-electron chi connectivity index (χ2n) is 15.8. The highest BCUT2D eigenvalue weighted by Gasteiger charge is 2.40. The number of hydrogen-bond acceptors (Lipinski definition) is 15. The van der Waals surface area contributed by atoms with E-state index in [-0.39, 0.29) is 85.0 Å². The maximum absolute atomic E-state index is 14.5. The number of phenolic OH excluding ortho intramolecular Hbond substituents is 1. The summed E-state index contributed by atoms with van der Waals surface area (Å²) in [5.41, 5.74) is -2.11. The van der Waals surface area contributed by atoms with Crippen LogP contribution in [0.4, 0.5) is 17.1 Å². The number of methoxy groups -OCH3 is 3. The minimum atomic E-state index is -5.41. The van der Waals surface area contributed by atoms with Crippen molar-refractivity contribution in [2.45, 2.75) is 36.7 Å². The molecule has 0 saturated carbocycles. The molecule has 6 aromatic carbocycles. The summed E-state index contributed by atoms with van der Waals surface area (Å²) in [5, 5.41) is 22.7. The fourth-order valence-electron chi connectivity index (χ4n) is 8.41. The molecule has 2 aliphatic heterocycles. The first-order chi connectivity index (χ1) is 33.8. The van der Waals surface area contributed by atoms with Gasteiger partial charge < -0.3 is 24.6 Å². The third-order valence-corrected chi connectivity index (χ3v) is 15.2. The van der Waals surface area contributed by atoms with Gasteiger partial charge in [0.05, 0.1) is 77.8 Å². The van der Waals surface area contributed by atoms with Gasteiger partial charge in [-0.15, -0.1) is 10.2 Å². The zero-order valence-corrected chi connectivity index (χ0v) is 40.6. The molecule has 23 heteroatoms. The van der Waals surface area contributed by atoms with Crippen molar-refractivity contribution < 1.29 is 64.7 Å². The predicted molar refractivity (Wildman–Crippen MR) is 257 cm³/mol. The van der Waals surface area contributed by atoms with E-state index in [1.165, 1.54) is 98.4 Å². The lowest BCUT2D eigenvalue weighted by atomic mass is 9.93. The zero-order valence-electron chi connectivity index (χ0n) is 38.2. The average Bonchev–Trinajstić information content (AvgIpc) is 3.73. The van der Waals surface area contributed by atoms with Gasteiger partial charge >= 0.3 is 0 Å². The van der Waals surface area contributed by atoms with E-state index in [1.54, 1.807) is 13.8 Å². The van der Waals surface area contributed by atoms with Gasteiger partial charge in [0.1, 0.15) is 33.5 Å². The number of sulfonamides is 1. The highest BCUT2D eigenvalue weighted by Crippen LogP contribution is 2.47. The van der Waals surface area contributed by atoms with Gasteiger partial charge in [-0.2, -0.15) is 12.7 Å². The molecule has 0 saturated heterocycles. The van der Waals surface area contributed by atoms with Crippen LogP contribution in [0.25, 0.3) is 10.8 Å². The third-order valence-electron chi connectivity index (χ3n) is 11.9. The number of azo groups is 1. The number of halogens is 1. The van der Waals surface area contributed by atoms with Gasteiger partial charge in [0, 0.05) is 29.9 Å². The normalized spacial score (nSPS) is 13.7. The molecular formula is C48H41ClN6O14S2. The van der Waals surface area contributed by atoms with E-state index >= 15 is 0 Å². The number of rotatable bonds is 16. The van der Waals surface area contributed by atoms with Crippen LogP contribution in [0.15, 0.2) is 111 Å². The topological polar surface area (TPSA) is 268 Å². The molecule has 2 heterocycles. The summed E-state index contributed by atoms with van der Waals surface area (Å²) in [6.45, 7) is 2.03. The summed E-state index contributed by atoms with van der Waals surface area (Å²) in [4.78, 5) is 70.8. The van der Waals surface area contributed by atoms with Crippen molar-refractivity contribution in [1.82, 2.24) is 14.1 Å². The summed E-state index contributed by atoms with van der Waals surface area (Å²) in [5.74, 6) is -5.15. The van der Waals surface area contributed by atoms with Crippen LogP contribution in [-0.4, -0.2) is 105 Å². The molecule has 0 atom stereocenters. The number of aromatic hydroxyl groups is 1. The average molecular weight is 1030 g/mol. The largest absolute Gasteiger partial charge is 0.505 e. The van der Waals surface area contributed by atoms with Crippen molar-refractivity contribution in [3.63, 3.8) is 0 Å². The molecule has 0 aromatic heterocycles. The Balaban J connectivity index is 1.44. The number of anilines is 1. The molecule has 0 radical (unpaired) electrons. The number of carbonyl (C=O) groups excluding carboxylic acids is 5. The summed E-state index contributed by atoms with van der Waals surface area (Å²) in [6, 6.07) is 19.9. The van der Waals surface area contributed by atoms with E-state index in [0.717, 1.165) is 28.0 Å². The number of amides is 5. The molecule has 3 N–H and O–H groups in total. The van der Waals surface area contributed by atoms with Crippen LogP contribution in [0.5, 0.6) is 23.0 Å². The van der Waals surface area contributed by atoms with Crippen LogP contribution in [-0.2, 0) is 33.2 Å². The Labute approximate surface area is 410 Å². The van der Waals surface area contributed by atoms with Gasteiger partial charge in [0.25, 0.3) is 39.7 Å². The first-order valence-electron chi connectivity index (χ1n) is 21.3. The second kappa shape index (κ2) is 19.2. The third kappa shape index (κ3) is 8.80. The number of ether oxygens (including phenoxy) is 3. The Morgan fingerprint density at radius 1 is 0.704 bits per heavy atom. The molecular weight excluding hydrogens is 984 g/mol. The van der Waals surface area contributed by atoms with Crippen molar-refractivity contribution in [2.24, 2.45) is 10.2 Å². The summed E-state index contributed by atoms with van der Waals surface area (Å²) >= 11 is 6.40. The molecule has 6 aromatic rings. The Morgan fingerprint density at radius 3 is 1.75 bits per heavy atom. The number of hydrogen-bond donors (Lipinski definition) is 3. The van der Waals surface area contributed by atoms with Gasteiger partial charge in [0.2, 0.25) is 10.0 Å². The maximum Gasteiger partial charge on any atom is 0.295 e. The van der Waals surface area contributed by atoms with Crippen LogP contribution in [0.2, 0.25) is 5.02 Å². The molecule has 71 heavy (non-hydrogen) atoms. The zero-order chi connectivity index (χ0) is 51.3.